The molecule has 3 N–H and O–H groups in total. The standard InChI is InChI=1S/C21H24N2O5S/c24-17-8-3-9-18-16(17)11-19(28-18)29(26,27)23-21(25)22-20-14-6-1-4-12(14)10-13-5-2-7-15(13)20/h10-11,17,24H,1-9H2,(H2,22,23,25)/t17-/m0/s1. The molecule has 154 valence electrons. The maximum Gasteiger partial charge on any atom is 0.333 e. The molecular weight excluding hydrogens is 392 g/mol. The minimum atomic E-state index is -4.17. The number of aliphatic hydroxyl groups excluding tert-OH is 1. The van der Waals surface area contributed by atoms with Crippen LogP contribution in [0, 0.1) is 0 Å². The highest BCUT2D eigenvalue weighted by Gasteiger charge is 2.30. The number of hydrogen-bond acceptors (Lipinski definition) is 5. The summed E-state index contributed by atoms with van der Waals surface area (Å²) in [6.07, 6.45) is 7.05. The maximum atomic E-state index is 12.7. The van der Waals surface area contributed by atoms with Crippen molar-refractivity contribution in [2.24, 2.45) is 0 Å². The van der Waals surface area contributed by atoms with Crippen molar-refractivity contribution in [3.05, 3.63) is 45.7 Å². The second-order valence-corrected chi connectivity index (χ2v) is 9.76. The molecule has 0 unspecified atom stereocenters. The van der Waals surface area contributed by atoms with Crippen LogP contribution in [0.15, 0.2) is 21.6 Å². The average molecular weight is 416 g/mol. The molecule has 0 bridgehead atoms. The van der Waals surface area contributed by atoms with Crippen LogP contribution in [0.4, 0.5) is 10.5 Å². The first-order chi connectivity index (χ1) is 13.9. The van der Waals surface area contributed by atoms with E-state index in [0.29, 0.717) is 24.2 Å². The third-order valence-corrected chi connectivity index (χ3v) is 7.45. The van der Waals surface area contributed by atoms with Gasteiger partial charge in [0.15, 0.2) is 0 Å². The molecule has 29 heavy (non-hydrogen) atoms. The minimum absolute atomic E-state index is 0.331. The zero-order valence-electron chi connectivity index (χ0n) is 16.1. The van der Waals surface area contributed by atoms with Gasteiger partial charge in [0, 0.05) is 23.7 Å². The van der Waals surface area contributed by atoms with Gasteiger partial charge >= 0.3 is 6.03 Å². The number of rotatable bonds is 3. The van der Waals surface area contributed by atoms with E-state index in [1.807, 2.05) is 0 Å². The molecule has 0 saturated carbocycles. The molecule has 0 fully saturated rings. The van der Waals surface area contributed by atoms with E-state index in [9.17, 15) is 18.3 Å². The predicted molar refractivity (Wildman–Crippen MR) is 106 cm³/mol. The fourth-order valence-corrected chi connectivity index (χ4v) is 5.81. The Morgan fingerprint density at radius 1 is 1.00 bits per heavy atom. The minimum Gasteiger partial charge on any atom is -0.447 e. The zero-order valence-corrected chi connectivity index (χ0v) is 16.9. The summed E-state index contributed by atoms with van der Waals surface area (Å²) in [5.74, 6) is 0.475. The highest BCUT2D eigenvalue weighted by atomic mass is 32.2. The van der Waals surface area contributed by atoms with Gasteiger partial charge in [-0.05, 0) is 73.6 Å². The molecule has 7 nitrogen and oxygen atoms in total. The van der Waals surface area contributed by atoms with Gasteiger partial charge in [-0.1, -0.05) is 6.07 Å². The first kappa shape index (κ1) is 18.7. The van der Waals surface area contributed by atoms with Crippen LogP contribution < -0.4 is 10.0 Å². The molecule has 2 amide bonds. The van der Waals surface area contributed by atoms with Gasteiger partial charge in [-0.25, -0.2) is 9.52 Å². The van der Waals surface area contributed by atoms with E-state index in [1.165, 1.54) is 17.2 Å². The smallest absolute Gasteiger partial charge is 0.333 e. The van der Waals surface area contributed by atoms with Crippen LogP contribution in [-0.4, -0.2) is 19.6 Å². The van der Waals surface area contributed by atoms with E-state index >= 15 is 0 Å². The molecule has 1 aromatic heterocycles. The monoisotopic (exact) mass is 416 g/mol. The molecule has 3 aliphatic carbocycles. The van der Waals surface area contributed by atoms with Gasteiger partial charge in [-0.2, -0.15) is 8.42 Å². The Morgan fingerprint density at radius 2 is 1.69 bits per heavy atom. The molecule has 0 radical (unpaired) electrons. The number of furan rings is 1. The van der Waals surface area contributed by atoms with Crippen molar-refractivity contribution >= 4 is 21.7 Å². The summed E-state index contributed by atoms with van der Waals surface area (Å²) in [7, 11) is -4.17. The summed E-state index contributed by atoms with van der Waals surface area (Å²) in [6.45, 7) is 0. The number of fused-ring (bicyclic) bond motifs is 3. The highest BCUT2D eigenvalue weighted by molar-refractivity contribution is 7.89. The Labute approximate surface area is 169 Å². The van der Waals surface area contributed by atoms with Crippen LogP contribution >= 0.6 is 0 Å². The van der Waals surface area contributed by atoms with Gasteiger partial charge in [0.05, 0.1) is 6.10 Å². The lowest BCUT2D eigenvalue weighted by molar-refractivity contribution is 0.152. The van der Waals surface area contributed by atoms with Crippen molar-refractivity contribution in [2.75, 3.05) is 5.32 Å². The Kier molecular flexibility index (Phi) is 4.43. The summed E-state index contributed by atoms with van der Waals surface area (Å²) in [6, 6.07) is 2.80. The number of aliphatic hydroxyl groups is 1. The van der Waals surface area contributed by atoms with Crippen LogP contribution in [0.25, 0.3) is 0 Å². The SMILES string of the molecule is O=C(Nc1c2c(cc3c1CCC3)CCC2)NS(=O)(=O)c1cc2c(o1)CCC[C@@H]2O. The number of amides is 2. The molecular formula is C21H24N2O5S. The molecule has 1 atom stereocenters. The Bertz CT molecular complexity index is 1070. The summed E-state index contributed by atoms with van der Waals surface area (Å²) in [5, 5.41) is 12.5. The lowest BCUT2D eigenvalue weighted by Crippen LogP contribution is -2.34. The maximum absolute atomic E-state index is 12.7. The number of carbonyl (C=O) groups is 1. The Balaban J connectivity index is 1.39. The van der Waals surface area contributed by atoms with Crippen molar-refractivity contribution < 1.29 is 22.7 Å². The van der Waals surface area contributed by atoms with Gasteiger partial charge < -0.3 is 14.8 Å². The predicted octanol–water partition coefficient (Wildman–Crippen LogP) is 3.14. The number of sulfonamides is 1. The first-order valence-corrected chi connectivity index (χ1v) is 11.7. The molecule has 5 rings (SSSR count). The van der Waals surface area contributed by atoms with E-state index in [-0.39, 0.29) is 5.09 Å². The summed E-state index contributed by atoms with van der Waals surface area (Å²) in [4.78, 5) is 12.6. The van der Waals surface area contributed by atoms with E-state index < -0.39 is 22.2 Å². The number of hydrogen-bond donors (Lipinski definition) is 3. The van der Waals surface area contributed by atoms with Gasteiger partial charge in [0.25, 0.3) is 10.0 Å². The molecule has 0 spiro atoms. The molecule has 1 heterocycles. The number of urea groups is 1. The van der Waals surface area contributed by atoms with Crippen molar-refractivity contribution in [3.63, 3.8) is 0 Å². The summed E-state index contributed by atoms with van der Waals surface area (Å²) < 4.78 is 32.9. The van der Waals surface area contributed by atoms with Crippen molar-refractivity contribution in [1.82, 2.24) is 4.72 Å². The molecule has 0 aliphatic heterocycles. The first-order valence-electron chi connectivity index (χ1n) is 10.2. The molecule has 1 aromatic carbocycles. The molecule has 3 aliphatic rings. The molecule has 0 saturated heterocycles. The van der Waals surface area contributed by atoms with E-state index in [1.54, 1.807) is 0 Å². The number of aryl methyl sites for hydroxylation is 3. The highest BCUT2D eigenvalue weighted by Crippen LogP contribution is 2.38. The van der Waals surface area contributed by atoms with Crippen LogP contribution in [0.3, 0.4) is 0 Å². The van der Waals surface area contributed by atoms with Crippen molar-refractivity contribution in [2.45, 2.75) is 69.0 Å². The Morgan fingerprint density at radius 3 is 2.34 bits per heavy atom. The number of benzene rings is 1. The quantitative estimate of drug-likeness (QED) is 0.712. The topological polar surface area (TPSA) is 109 Å². The lowest BCUT2D eigenvalue weighted by atomic mass is 9.96. The van der Waals surface area contributed by atoms with Crippen LogP contribution in [-0.2, 0) is 42.1 Å². The van der Waals surface area contributed by atoms with Gasteiger partial charge in [-0.15, -0.1) is 0 Å². The largest absolute Gasteiger partial charge is 0.447 e. The lowest BCUT2D eigenvalue weighted by Gasteiger charge is -2.16. The summed E-state index contributed by atoms with van der Waals surface area (Å²) >= 11 is 0. The molecule has 8 heteroatoms. The second-order valence-electron chi connectivity index (χ2n) is 8.15. The van der Waals surface area contributed by atoms with E-state index in [4.69, 9.17) is 4.42 Å². The van der Waals surface area contributed by atoms with Crippen molar-refractivity contribution in [1.29, 1.82) is 0 Å². The third kappa shape index (κ3) is 3.24. The second kappa shape index (κ2) is 6.88. The van der Waals surface area contributed by atoms with Crippen molar-refractivity contribution in [3.8, 4) is 0 Å². The summed E-state index contributed by atoms with van der Waals surface area (Å²) in [5.41, 5.74) is 6.07. The third-order valence-electron chi connectivity index (χ3n) is 6.26. The Hall–Kier alpha value is -2.32. The van der Waals surface area contributed by atoms with Crippen LogP contribution in [0.5, 0.6) is 0 Å². The van der Waals surface area contributed by atoms with Gasteiger partial charge in [0.1, 0.15) is 5.76 Å². The van der Waals surface area contributed by atoms with Crippen LogP contribution in [0.1, 0.15) is 65.4 Å². The number of anilines is 1. The molecule has 2 aromatic rings. The zero-order chi connectivity index (χ0) is 20.2. The van der Waals surface area contributed by atoms with Crippen LogP contribution in [0.2, 0.25) is 0 Å². The van der Waals surface area contributed by atoms with Gasteiger partial charge in [-0.3, -0.25) is 0 Å². The normalized spacial score (nSPS) is 20.1. The van der Waals surface area contributed by atoms with Gasteiger partial charge in [0.2, 0.25) is 5.09 Å². The number of carbonyl (C=O) groups excluding carboxylic acids is 1. The fraction of sp³-hybridized carbons (Fsp3) is 0.476. The number of nitrogens with one attached hydrogen (secondary N) is 2. The van der Waals surface area contributed by atoms with E-state index in [2.05, 4.69) is 16.1 Å². The average Bonchev–Trinajstić information content (AvgIpc) is 3.40. The fourth-order valence-electron chi connectivity index (χ4n) is 4.92. The van der Waals surface area contributed by atoms with E-state index in [0.717, 1.165) is 61.8 Å².